The van der Waals surface area contributed by atoms with Gasteiger partial charge in [0.15, 0.2) is 0 Å². The van der Waals surface area contributed by atoms with Crippen LogP contribution in [0.25, 0.3) is 0 Å². The summed E-state index contributed by atoms with van der Waals surface area (Å²) in [5.74, 6) is 0.930. The minimum Gasteiger partial charge on any atom is -0.472 e. The summed E-state index contributed by atoms with van der Waals surface area (Å²) in [7, 11) is 0. The third-order valence-corrected chi connectivity index (χ3v) is 6.59. The van der Waals surface area contributed by atoms with Gasteiger partial charge in [0.05, 0.1) is 12.5 Å². The molecule has 2 heterocycles. The number of carbonyl (C=O) groups excluding carboxylic acids is 2. The van der Waals surface area contributed by atoms with Crippen molar-refractivity contribution in [3.63, 3.8) is 0 Å². The fraction of sp³-hybridized carbons (Fsp3) is 0.667. The molecule has 2 amide bonds. The molecule has 2 aliphatic carbocycles. The van der Waals surface area contributed by atoms with Gasteiger partial charge in [-0.25, -0.2) is 0 Å². The number of hydrogen-bond donors (Lipinski definition) is 1. The van der Waals surface area contributed by atoms with Crippen LogP contribution in [0.5, 0.6) is 0 Å². The summed E-state index contributed by atoms with van der Waals surface area (Å²) in [4.78, 5) is 27.5. The molecule has 4 rings (SSSR count). The SMILES string of the molecule is O=C(NC1CCCCC1)C1CSC(c2ccoc2)N1C(=O)C1CC1. The van der Waals surface area contributed by atoms with Gasteiger partial charge in [-0.15, -0.1) is 11.8 Å². The second-order valence-electron chi connectivity index (χ2n) is 7.12. The number of carbonyl (C=O) groups is 2. The van der Waals surface area contributed by atoms with Gasteiger partial charge in [0.25, 0.3) is 0 Å². The second kappa shape index (κ2) is 6.82. The number of rotatable bonds is 4. The number of hydrogen-bond acceptors (Lipinski definition) is 4. The van der Waals surface area contributed by atoms with Gasteiger partial charge in [-0.2, -0.15) is 0 Å². The zero-order valence-corrected chi connectivity index (χ0v) is 14.6. The van der Waals surface area contributed by atoms with Crippen molar-refractivity contribution in [3.8, 4) is 0 Å². The molecular weight excluding hydrogens is 324 g/mol. The molecule has 2 atom stereocenters. The molecule has 0 radical (unpaired) electrons. The van der Waals surface area contributed by atoms with Crippen LogP contribution in [0.4, 0.5) is 0 Å². The lowest BCUT2D eigenvalue weighted by molar-refractivity contribution is -0.141. The molecule has 1 saturated heterocycles. The largest absolute Gasteiger partial charge is 0.472 e. The Morgan fingerprint density at radius 1 is 1.17 bits per heavy atom. The van der Waals surface area contributed by atoms with Gasteiger partial charge < -0.3 is 14.6 Å². The molecule has 2 saturated carbocycles. The molecule has 3 aliphatic rings. The van der Waals surface area contributed by atoms with E-state index in [2.05, 4.69) is 5.32 Å². The summed E-state index contributed by atoms with van der Waals surface area (Å²) >= 11 is 1.66. The molecule has 5 nitrogen and oxygen atoms in total. The standard InChI is InChI=1S/C18H24N2O3S/c21-16(19-14-4-2-1-3-5-14)15-11-24-18(13-8-9-23-10-13)20(15)17(22)12-6-7-12/h8-10,12,14-15,18H,1-7,11H2,(H,19,21). The van der Waals surface area contributed by atoms with Crippen LogP contribution in [0.1, 0.15) is 55.9 Å². The molecule has 130 valence electrons. The zero-order valence-electron chi connectivity index (χ0n) is 13.8. The Balaban J connectivity index is 1.50. The van der Waals surface area contributed by atoms with Crippen LogP contribution in [0, 0.1) is 5.92 Å². The van der Waals surface area contributed by atoms with Gasteiger partial charge >= 0.3 is 0 Å². The van der Waals surface area contributed by atoms with E-state index in [1.807, 2.05) is 11.0 Å². The van der Waals surface area contributed by atoms with Crippen LogP contribution in [-0.2, 0) is 9.59 Å². The minimum absolute atomic E-state index is 0.0226. The monoisotopic (exact) mass is 348 g/mol. The van der Waals surface area contributed by atoms with E-state index < -0.39 is 0 Å². The third-order valence-electron chi connectivity index (χ3n) is 5.26. The first kappa shape index (κ1) is 16.1. The van der Waals surface area contributed by atoms with Crippen LogP contribution in [0.15, 0.2) is 23.0 Å². The lowest BCUT2D eigenvalue weighted by Gasteiger charge is -2.30. The van der Waals surface area contributed by atoms with Crippen molar-refractivity contribution in [3.05, 3.63) is 24.2 Å². The van der Waals surface area contributed by atoms with Gasteiger partial charge in [0, 0.05) is 23.3 Å². The summed E-state index contributed by atoms with van der Waals surface area (Å²) in [6, 6.07) is 1.82. The Labute approximate surface area is 146 Å². The van der Waals surface area contributed by atoms with Crippen molar-refractivity contribution >= 4 is 23.6 Å². The highest BCUT2D eigenvalue weighted by Crippen LogP contribution is 2.45. The highest BCUT2D eigenvalue weighted by atomic mass is 32.2. The first-order chi connectivity index (χ1) is 11.7. The Morgan fingerprint density at radius 2 is 1.96 bits per heavy atom. The van der Waals surface area contributed by atoms with E-state index in [1.165, 1.54) is 19.3 Å². The molecular formula is C18H24N2O3S. The Morgan fingerprint density at radius 3 is 2.62 bits per heavy atom. The molecule has 1 aromatic rings. The molecule has 0 bridgehead atoms. The maximum absolute atomic E-state index is 12.8. The first-order valence-corrected chi connectivity index (χ1v) is 10.0. The number of thioether (sulfide) groups is 1. The molecule has 1 aromatic heterocycles. The van der Waals surface area contributed by atoms with Crippen molar-refractivity contribution in [2.45, 2.75) is 62.4 Å². The normalized spacial score (nSPS) is 28.1. The van der Waals surface area contributed by atoms with Crippen LogP contribution in [-0.4, -0.2) is 34.6 Å². The highest BCUT2D eigenvalue weighted by Gasteiger charge is 2.47. The van der Waals surface area contributed by atoms with Gasteiger partial charge in [-0.1, -0.05) is 19.3 Å². The lowest BCUT2D eigenvalue weighted by Crippen LogP contribution is -2.51. The summed E-state index contributed by atoms with van der Waals surface area (Å²) in [5.41, 5.74) is 0.974. The van der Waals surface area contributed by atoms with Crippen LogP contribution in [0.2, 0.25) is 0 Å². The van der Waals surface area contributed by atoms with Crippen LogP contribution < -0.4 is 5.32 Å². The Hall–Kier alpha value is -1.43. The first-order valence-electron chi connectivity index (χ1n) is 9.00. The predicted molar refractivity (Wildman–Crippen MR) is 92.3 cm³/mol. The van der Waals surface area contributed by atoms with E-state index in [9.17, 15) is 9.59 Å². The number of furan rings is 1. The Kier molecular flexibility index (Phi) is 4.57. The third kappa shape index (κ3) is 3.21. The summed E-state index contributed by atoms with van der Waals surface area (Å²) < 4.78 is 5.20. The quantitative estimate of drug-likeness (QED) is 0.908. The number of nitrogens with one attached hydrogen (secondary N) is 1. The number of nitrogens with zero attached hydrogens (tertiary/aromatic N) is 1. The molecule has 6 heteroatoms. The predicted octanol–water partition coefficient (Wildman–Crippen LogP) is 3.08. The Bertz CT molecular complexity index is 593. The summed E-state index contributed by atoms with van der Waals surface area (Å²) in [6.07, 6.45) is 11.0. The molecule has 1 N–H and O–H groups in total. The van der Waals surface area contributed by atoms with Crippen molar-refractivity contribution in [1.82, 2.24) is 10.2 Å². The van der Waals surface area contributed by atoms with Gasteiger partial charge in [0.2, 0.25) is 11.8 Å². The zero-order chi connectivity index (χ0) is 16.5. The summed E-state index contributed by atoms with van der Waals surface area (Å²) in [5, 5.41) is 3.10. The molecule has 24 heavy (non-hydrogen) atoms. The minimum atomic E-state index is -0.357. The van der Waals surface area contributed by atoms with E-state index in [4.69, 9.17) is 4.42 Å². The average molecular weight is 348 g/mol. The van der Waals surface area contributed by atoms with Crippen molar-refractivity contribution in [2.75, 3.05) is 5.75 Å². The van der Waals surface area contributed by atoms with Crippen LogP contribution >= 0.6 is 11.8 Å². The van der Waals surface area contributed by atoms with E-state index in [-0.39, 0.29) is 35.2 Å². The number of amides is 2. The van der Waals surface area contributed by atoms with Crippen molar-refractivity contribution < 1.29 is 14.0 Å². The van der Waals surface area contributed by atoms with Crippen molar-refractivity contribution in [2.24, 2.45) is 5.92 Å². The molecule has 0 spiro atoms. The highest BCUT2D eigenvalue weighted by molar-refractivity contribution is 7.99. The average Bonchev–Trinajstić information content (AvgIpc) is 3.13. The van der Waals surface area contributed by atoms with E-state index >= 15 is 0 Å². The van der Waals surface area contributed by atoms with Gasteiger partial charge in [-0.3, -0.25) is 9.59 Å². The maximum atomic E-state index is 12.8. The fourth-order valence-corrected chi connectivity index (χ4v) is 5.15. The molecule has 2 unspecified atom stereocenters. The second-order valence-corrected chi connectivity index (χ2v) is 8.23. The van der Waals surface area contributed by atoms with Gasteiger partial charge in [-0.05, 0) is 31.7 Å². The molecule has 3 fully saturated rings. The van der Waals surface area contributed by atoms with Crippen molar-refractivity contribution in [1.29, 1.82) is 0 Å². The fourth-order valence-electron chi connectivity index (χ4n) is 3.74. The van der Waals surface area contributed by atoms with E-state index in [1.54, 1.807) is 24.3 Å². The van der Waals surface area contributed by atoms with E-state index in [0.29, 0.717) is 5.75 Å². The van der Waals surface area contributed by atoms with Crippen LogP contribution in [0.3, 0.4) is 0 Å². The lowest BCUT2D eigenvalue weighted by atomic mass is 9.95. The molecule has 0 aromatic carbocycles. The molecule has 1 aliphatic heterocycles. The summed E-state index contributed by atoms with van der Waals surface area (Å²) in [6.45, 7) is 0. The maximum Gasteiger partial charge on any atom is 0.243 e. The van der Waals surface area contributed by atoms with Gasteiger partial charge in [0.1, 0.15) is 11.4 Å². The van der Waals surface area contributed by atoms with E-state index in [0.717, 1.165) is 31.2 Å². The smallest absolute Gasteiger partial charge is 0.243 e. The topological polar surface area (TPSA) is 62.6 Å².